The van der Waals surface area contributed by atoms with Crippen LogP contribution in [-0.2, 0) is 0 Å². The minimum Gasteiger partial charge on any atom is -0.493 e. The topological polar surface area (TPSA) is 64.7 Å². The number of benzene rings is 1. The Morgan fingerprint density at radius 3 is 2.87 bits per heavy atom. The van der Waals surface area contributed by atoms with Crippen molar-refractivity contribution in [2.75, 3.05) is 19.5 Å². The van der Waals surface area contributed by atoms with Crippen LogP contribution in [0.3, 0.4) is 0 Å². The van der Waals surface area contributed by atoms with E-state index in [4.69, 9.17) is 20.3 Å². The summed E-state index contributed by atoms with van der Waals surface area (Å²) < 4.78 is 10.8. The first-order valence-corrected chi connectivity index (χ1v) is 4.95. The van der Waals surface area contributed by atoms with Crippen LogP contribution in [0.5, 0.6) is 11.5 Å². The number of nitrogens with two attached hydrogens (primary N) is 1. The summed E-state index contributed by atoms with van der Waals surface area (Å²) in [6.07, 6.45) is 1.02. The number of ether oxygens (including phenoxy) is 2. The van der Waals surface area contributed by atoms with Crippen molar-refractivity contribution in [3.8, 4) is 11.5 Å². The van der Waals surface area contributed by atoms with Gasteiger partial charge < -0.3 is 20.3 Å². The number of methoxy groups -OCH3 is 1. The van der Waals surface area contributed by atoms with Crippen molar-refractivity contribution in [3.63, 3.8) is 0 Å². The second-order valence-electron chi connectivity index (χ2n) is 3.74. The SMILES string of the molecule is COc1cc(N)ccc1OC1CC1CO. The van der Waals surface area contributed by atoms with Crippen molar-refractivity contribution in [1.29, 1.82) is 0 Å². The Morgan fingerprint density at radius 2 is 2.27 bits per heavy atom. The quantitative estimate of drug-likeness (QED) is 0.727. The van der Waals surface area contributed by atoms with Crippen LogP contribution in [0.25, 0.3) is 0 Å². The molecule has 0 amide bonds. The summed E-state index contributed by atoms with van der Waals surface area (Å²) in [7, 11) is 1.58. The predicted octanol–water partition coefficient (Wildman–Crippen LogP) is 1.04. The molecule has 2 unspecified atom stereocenters. The van der Waals surface area contributed by atoms with Crippen LogP contribution in [0.2, 0.25) is 0 Å². The number of anilines is 1. The fourth-order valence-electron chi connectivity index (χ4n) is 1.50. The molecular formula is C11H15NO3. The van der Waals surface area contributed by atoms with E-state index >= 15 is 0 Å². The number of aliphatic hydroxyl groups is 1. The predicted molar refractivity (Wildman–Crippen MR) is 57.0 cm³/mol. The molecule has 1 aromatic rings. The minimum atomic E-state index is 0.118. The van der Waals surface area contributed by atoms with E-state index in [0.717, 1.165) is 6.42 Å². The molecule has 1 aliphatic rings. The number of aliphatic hydroxyl groups excluding tert-OH is 1. The Labute approximate surface area is 88.6 Å². The van der Waals surface area contributed by atoms with Gasteiger partial charge in [0.2, 0.25) is 0 Å². The second kappa shape index (κ2) is 3.98. The van der Waals surface area contributed by atoms with Crippen molar-refractivity contribution in [1.82, 2.24) is 0 Å². The Balaban J connectivity index is 2.07. The maximum absolute atomic E-state index is 8.89. The molecule has 1 saturated carbocycles. The van der Waals surface area contributed by atoms with Crippen molar-refractivity contribution in [2.24, 2.45) is 5.92 Å². The van der Waals surface area contributed by atoms with Crippen molar-refractivity contribution in [3.05, 3.63) is 18.2 Å². The number of nitrogen functional groups attached to an aromatic ring is 1. The molecule has 4 heteroatoms. The third-order valence-corrected chi connectivity index (χ3v) is 2.56. The van der Waals surface area contributed by atoms with Gasteiger partial charge in [-0.2, -0.15) is 0 Å². The van der Waals surface area contributed by atoms with E-state index in [1.807, 2.05) is 0 Å². The van der Waals surface area contributed by atoms with E-state index in [1.165, 1.54) is 0 Å². The minimum absolute atomic E-state index is 0.118. The van der Waals surface area contributed by atoms with Crippen LogP contribution >= 0.6 is 0 Å². The molecule has 15 heavy (non-hydrogen) atoms. The highest BCUT2D eigenvalue weighted by atomic mass is 16.5. The molecule has 0 heterocycles. The number of hydrogen-bond acceptors (Lipinski definition) is 4. The third-order valence-electron chi connectivity index (χ3n) is 2.56. The molecular weight excluding hydrogens is 194 g/mol. The summed E-state index contributed by atoms with van der Waals surface area (Å²) >= 11 is 0. The van der Waals surface area contributed by atoms with E-state index in [-0.39, 0.29) is 18.6 Å². The van der Waals surface area contributed by atoms with Crippen LogP contribution in [0.15, 0.2) is 18.2 Å². The molecule has 3 N–H and O–H groups in total. The van der Waals surface area contributed by atoms with Gasteiger partial charge in [-0.1, -0.05) is 0 Å². The Hall–Kier alpha value is -1.42. The molecule has 0 aromatic heterocycles. The lowest BCUT2D eigenvalue weighted by Gasteiger charge is -2.10. The summed E-state index contributed by atoms with van der Waals surface area (Å²) in [4.78, 5) is 0. The zero-order valence-corrected chi connectivity index (χ0v) is 8.64. The van der Waals surface area contributed by atoms with Gasteiger partial charge in [0.25, 0.3) is 0 Å². The normalized spacial score (nSPS) is 23.6. The first-order chi connectivity index (χ1) is 7.24. The Kier molecular flexibility index (Phi) is 2.68. The van der Waals surface area contributed by atoms with Crippen LogP contribution in [0, 0.1) is 5.92 Å². The summed E-state index contributed by atoms with van der Waals surface area (Å²) in [6, 6.07) is 5.29. The van der Waals surface area contributed by atoms with Gasteiger partial charge in [-0.25, -0.2) is 0 Å². The first-order valence-electron chi connectivity index (χ1n) is 4.95. The third kappa shape index (κ3) is 2.15. The summed E-state index contributed by atoms with van der Waals surface area (Å²) in [5.74, 6) is 1.60. The lowest BCUT2D eigenvalue weighted by Crippen LogP contribution is -2.04. The zero-order chi connectivity index (χ0) is 10.8. The Morgan fingerprint density at radius 1 is 1.47 bits per heavy atom. The van der Waals surface area contributed by atoms with E-state index < -0.39 is 0 Å². The van der Waals surface area contributed by atoms with E-state index in [2.05, 4.69) is 0 Å². The van der Waals surface area contributed by atoms with E-state index in [1.54, 1.807) is 25.3 Å². The second-order valence-corrected chi connectivity index (χ2v) is 3.74. The van der Waals surface area contributed by atoms with Gasteiger partial charge in [-0.3, -0.25) is 0 Å². The van der Waals surface area contributed by atoms with Gasteiger partial charge in [0, 0.05) is 24.3 Å². The summed E-state index contributed by atoms with van der Waals surface area (Å²) in [5, 5.41) is 8.89. The molecule has 1 aliphatic carbocycles. The molecule has 1 aromatic carbocycles. The van der Waals surface area contributed by atoms with E-state index in [9.17, 15) is 0 Å². The van der Waals surface area contributed by atoms with Crippen molar-refractivity contribution < 1.29 is 14.6 Å². The highest BCUT2D eigenvalue weighted by Gasteiger charge is 2.39. The first kappa shape index (κ1) is 10.1. The molecule has 4 nitrogen and oxygen atoms in total. The summed E-state index contributed by atoms with van der Waals surface area (Å²) in [5.41, 5.74) is 6.27. The molecule has 82 valence electrons. The lowest BCUT2D eigenvalue weighted by atomic mass is 10.3. The molecule has 2 atom stereocenters. The van der Waals surface area contributed by atoms with Crippen molar-refractivity contribution >= 4 is 5.69 Å². The van der Waals surface area contributed by atoms with Gasteiger partial charge in [-0.15, -0.1) is 0 Å². The average molecular weight is 209 g/mol. The van der Waals surface area contributed by atoms with Gasteiger partial charge in [0.05, 0.1) is 7.11 Å². The number of hydrogen-bond donors (Lipinski definition) is 2. The maximum Gasteiger partial charge on any atom is 0.162 e. The molecule has 0 bridgehead atoms. The maximum atomic E-state index is 8.89. The molecule has 0 aliphatic heterocycles. The fraction of sp³-hybridized carbons (Fsp3) is 0.455. The van der Waals surface area contributed by atoms with Gasteiger partial charge in [0.1, 0.15) is 6.10 Å². The van der Waals surface area contributed by atoms with Crippen LogP contribution < -0.4 is 15.2 Å². The standard InChI is InChI=1S/C11H15NO3/c1-14-11-5-8(12)2-3-9(11)15-10-4-7(10)6-13/h2-3,5,7,10,13H,4,6,12H2,1H3. The monoisotopic (exact) mass is 209 g/mol. The van der Waals surface area contributed by atoms with Crippen LogP contribution in [0.1, 0.15) is 6.42 Å². The van der Waals surface area contributed by atoms with Gasteiger partial charge in [0.15, 0.2) is 11.5 Å². The van der Waals surface area contributed by atoms with Crippen molar-refractivity contribution in [2.45, 2.75) is 12.5 Å². The smallest absolute Gasteiger partial charge is 0.162 e. The van der Waals surface area contributed by atoms with E-state index in [0.29, 0.717) is 17.2 Å². The molecule has 0 spiro atoms. The Bertz CT molecular complexity index is 354. The zero-order valence-electron chi connectivity index (χ0n) is 8.64. The lowest BCUT2D eigenvalue weighted by molar-refractivity contribution is 0.219. The average Bonchev–Trinajstić information content (AvgIpc) is 2.99. The molecule has 2 rings (SSSR count). The van der Waals surface area contributed by atoms with Crippen LogP contribution in [-0.4, -0.2) is 24.9 Å². The van der Waals surface area contributed by atoms with Crippen LogP contribution in [0.4, 0.5) is 5.69 Å². The molecule has 0 radical (unpaired) electrons. The highest BCUT2D eigenvalue weighted by Crippen LogP contribution is 2.38. The molecule has 1 fully saturated rings. The fourth-order valence-corrected chi connectivity index (χ4v) is 1.50. The van der Waals surface area contributed by atoms with Gasteiger partial charge in [-0.05, 0) is 18.6 Å². The number of rotatable bonds is 4. The summed E-state index contributed by atoms with van der Waals surface area (Å²) in [6.45, 7) is 0.182. The molecule has 0 saturated heterocycles. The van der Waals surface area contributed by atoms with Gasteiger partial charge >= 0.3 is 0 Å². The largest absolute Gasteiger partial charge is 0.493 e. The highest BCUT2D eigenvalue weighted by molar-refractivity contribution is 5.52.